The fourth-order valence-electron chi connectivity index (χ4n) is 1.85. The zero-order valence-electron chi connectivity index (χ0n) is 11.0. The van der Waals surface area contributed by atoms with Crippen molar-refractivity contribution in [2.75, 3.05) is 5.43 Å². The lowest BCUT2D eigenvalue weighted by Crippen LogP contribution is -2.38. The molecule has 1 rings (SSSR count). The third-order valence-corrected chi connectivity index (χ3v) is 2.96. The summed E-state index contributed by atoms with van der Waals surface area (Å²) >= 11 is 0. The van der Waals surface area contributed by atoms with Gasteiger partial charge in [-0.2, -0.15) is 0 Å². The summed E-state index contributed by atoms with van der Waals surface area (Å²) in [5.41, 5.74) is 2.47. The first-order valence-corrected chi connectivity index (χ1v) is 6.07. The lowest BCUT2D eigenvalue weighted by molar-refractivity contribution is 0.0925. The van der Waals surface area contributed by atoms with E-state index in [4.69, 9.17) is 5.84 Å². The Bertz CT molecular complexity index is 421. The van der Waals surface area contributed by atoms with Gasteiger partial charge >= 0.3 is 0 Å². The summed E-state index contributed by atoms with van der Waals surface area (Å²) in [5.74, 6) is 4.71. The van der Waals surface area contributed by atoms with Crippen molar-refractivity contribution >= 4 is 11.6 Å². The smallest absolute Gasteiger partial charge is 0.253 e. The number of amides is 1. The first-order valence-electron chi connectivity index (χ1n) is 6.07. The quantitative estimate of drug-likeness (QED) is 0.557. The zero-order valence-corrected chi connectivity index (χ0v) is 11.0. The summed E-state index contributed by atoms with van der Waals surface area (Å²) in [5, 5.41) is 2.88. The predicted molar refractivity (Wildman–Crippen MR) is 70.6 cm³/mol. The van der Waals surface area contributed by atoms with Gasteiger partial charge in [-0.25, -0.2) is 4.39 Å². The molecular formula is C13H20FN3O. The molecule has 0 aliphatic rings. The number of rotatable bonds is 5. The third-order valence-electron chi connectivity index (χ3n) is 2.96. The van der Waals surface area contributed by atoms with Crippen molar-refractivity contribution in [1.29, 1.82) is 0 Å². The molecule has 0 aliphatic heterocycles. The second kappa shape index (κ2) is 6.35. The van der Waals surface area contributed by atoms with E-state index in [1.807, 2.05) is 20.8 Å². The molecular weight excluding hydrogens is 233 g/mol. The van der Waals surface area contributed by atoms with Gasteiger partial charge < -0.3 is 10.7 Å². The number of hydrazine groups is 1. The first-order chi connectivity index (χ1) is 8.51. The summed E-state index contributed by atoms with van der Waals surface area (Å²) in [6.07, 6.45) is 0.824. The molecule has 4 nitrogen and oxygen atoms in total. The molecule has 0 heterocycles. The van der Waals surface area contributed by atoms with Crippen molar-refractivity contribution in [3.63, 3.8) is 0 Å². The molecule has 1 unspecified atom stereocenters. The molecule has 0 aliphatic carbocycles. The van der Waals surface area contributed by atoms with E-state index in [9.17, 15) is 9.18 Å². The Kier molecular flexibility index (Phi) is 5.09. The highest BCUT2D eigenvalue weighted by molar-refractivity contribution is 5.99. The SMILES string of the molecule is CCC(NC(=O)c1cccc(F)c1NN)C(C)C. The van der Waals surface area contributed by atoms with Crippen molar-refractivity contribution in [2.45, 2.75) is 33.2 Å². The van der Waals surface area contributed by atoms with Crippen LogP contribution in [0.15, 0.2) is 18.2 Å². The molecule has 4 N–H and O–H groups in total. The van der Waals surface area contributed by atoms with Crippen molar-refractivity contribution in [3.8, 4) is 0 Å². The maximum Gasteiger partial charge on any atom is 0.253 e. The Labute approximate surface area is 107 Å². The van der Waals surface area contributed by atoms with E-state index in [1.165, 1.54) is 12.1 Å². The van der Waals surface area contributed by atoms with Gasteiger partial charge in [-0.15, -0.1) is 0 Å². The third kappa shape index (κ3) is 3.20. The second-order valence-electron chi connectivity index (χ2n) is 4.54. The van der Waals surface area contributed by atoms with Gasteiger partial charge in [0.2, 0.25) is 0 Å². The number of nitrogens with two attached hydrogens (primary N) is 1. The maximum absolute atomic E-state index is 13.5. The summed E-state index contributed by atoms with van der Waals surface area (Å²) < 4.78 is 13.5. The molecule has 1 aromatic rings. The fraction of sp³-hybridized carbons (Fsp3) is 0.462. The van der Waals surface area contributed by atoms with Gasteiger partial charge in [0.05, 0.1) is 11.3 Å². The number of hydrogen-bond donors (Lipinski definition) is 3. The highest BCUT2D eigenvalue weighted by Gasteiger charge is 2.18. The molecule has 100 valence electrons. The van der Waals surface area contributed by atoms with Crippen LogP contribution in [0.25, 0.3) is 0 Å². The van der Waals surface area contributed by atoms with E-state index in [0.717, 1.165) is 6.42 Å². The lowest BCUT2D eigenvalue weighted by Gasteiger charge is -2.21. The number of anilines is 1. The standard InChI is InChI=1S/C13H20FN3O/c1-4-11(8(2)3)16-13(18)9-6-5-7-10(14)12(9)17-15/h5-8,11,17H,4,15H2,1-3H3,(H,16,18). The monoisotopic (exact) mass is 253 g/mol. The van der Waals surface area contributed by atoms with Crippen LogP contribution in [-0.4, -0.2) is 11.9 Å². The predicted octanol–water partition coefficient (Wildman–Crippen LogP) is 2.28. The van der Waals surface area contributed by atoms with Crippen LogP contribution in [0.3, 0.4) is 0 Å². The number of hydrogen-bond acceptors (Lipinski definition) is 3. The van der Waals surface area contributed by atoms with Crippen LogP contribution in [-0.2, 0) is 0 Å². The Morgan fingerprint density at radius 2 is 2.11 bits per heavy atom. The minimum atomic E-state index is -0.539. The molecule has 0 saturated carbocycles. The van der Waals surface area contributed by atoms with Crippen LogP contribution in [0.2, 0.25) is 0 Å². The molecule has 0 bridgehead atoms. The van der Waals surface area contributed by atoms with Crippen molar-refractivity contribution in [1.82, 2.24) is 5.32 Å². The van der Waals surface area contributed by atoms with E-state index in [-0.39, 0.29) is 23.2 Å². The highest BCUT2D eigenvalue weighted by Crippen LogP contribution is 2.19. The molecule has 18 heavy (non-hydrogen) atoms. The lowest BCUT2D eigenvalue weighted by atomic mass is 10.0. The summed E-state index contributed by atoms with van der Waals surface area (Å²) in [7, 11) is 0. The molecule has 0 radical (unpaired) electrons. The van der Waals surface area contributed by atoms with E-state index in [0.29, 0.717) is 5.92 Å². The number of halogens is 1. The molecule has 1 amide bonds. The zero-order chi connectivity index (χ0) is 13.7. The number of para-hydroxylation sites is 1. The number of carbonyl (C=O) groups is 1. The van der Waals surface area contributed by atoms with Gasteiger partial charge in [0.25, 0.3) is 5.91 Å². The van der Waals surface area contributed by atoms with Crippen LogP contribution in [0.5, 0.6) is 0 Å². The highest BCUT2D eigenvalue weighted by atomic mass is 19.1. The van der Waals surface area contributed by atoms with Crippen molar-refractivity contribution < 1.29 is 9.18 Å². The van der Waals surface area contributed by atoms with Crippen molar-refractivity contribution in [3.05, 3.63) is 29.6 Å². The van der Waals surface area contributed by atoms with Crippen LogP contribution < -0.4 is 16.6 Å². The summed E-state index contributed by atoms with van der Waals surface area (Å²) in [6, 6.07) is 4.35. The fourth-order valence-corrected chi connectivity index (χ4v) is 1.85. The average molecular weight is 253 g/mol. The topological polar surface area (TPSA) is 67.2 Å². The van der Waals surface area contributed by atoms with Gasteiger partial charge in [0.15, 0.2) is 0 Å². The van der Waals surface area contributed by atoms with Gasteiger partial charge in [-0.05, 0) is 24.5 Å². The molecule has 0 fully saturated rings. The molecule has 1 aromatic carbocycles. The maximum atomic E-state index is 13.5. The normalized spacial score (nSPS) is 12.3. The first kappa shape index (κ1) is 14.4. The van der Waals surface area contributed by atoms with E-state index >= 15 is 0 Å². The Hall–Kier alpha value is -1.62. The molecule has 0 spiro atoms. The van der Waals surface area contributed by atoms with Gasteiger partial charge in [0.1, 0.15) is 5.82 Å². The van der Waals surface area contributed by atoms with E-state index < -0.39 is 5.82 Å². The number of carbonyl (C=O) groups excluding carboxylic acids is 1. The number of nitrogen functional groups attached to an aromatic ring is 1. The largest absolute Gasteiger partial charge is 0.349 e. The molecule has 5 heteroatoms. The van der Waals surface area contributed by atoms with E-state index in [1.54, 1.807) is 6.07 Å². The average Bonchev–Trinajstić information content (AvgIpc) is 2.34. The van der Waals surface area contributed by atoms with Gasteiger partial charge in [-0.3, -0.25) is 10.6 Å². The van der Waals surface area contributed by atoms with Gasteiger partial charge in [-0.1, -0.05) is 26.8 Å². The van der Waals surface area contributed by atoms with Crippen LogP contribution in [0.1, 0.15) is 37.6 Å². The minimum Gasteiger partial charge on any atom is -0.349 e. The Balaban J connectivity index is 2.94. The molecule has 1 atom stereocenters. The number of benzene rings is 1. The summed E-state index contributed by atoms with van der Waals surface area (Å²) in [4.78, 5) is 12.1. The summed E-state index contributed by atoms with van der Waals surface area (Å²) in [6.45, 7) is 6.06. The molecule has 0 aromatic heterocycles. The van der Waals surface area contributed by atoms with E-state index in [2.05, 4.69) is 10.7 Å². The minimum absolute atomic E-state index is 0.0219. The van der Waals surface area contributed by atoms with Gasteiger partial charge in [0, 0.05) is 6.04 Å². The van der Waals surface area contributed by atoms with Crippen LogP contribution in [0, 0.1) is 11.7 Å². The molecule has 0 saturated heterocycles. The number of nitrogens with one attached hydrogen (secondary N) is 2. The van der Waals surface area contributed by atoms with Crippen LogP contribution >= 0.6 is 0 Å². The van der Waals surface area contributed by atoms with Crippen molar-refractivity contribution in [2.24, 2.45) is 11.8 Å². The van der Waals surface area contributed by atoms with Crippen LogP contribution in [0.4, 0.5) is 10.1 Å². The Morgan fingerprint density at radius 1 is 1.44 bits per heavy atom. The Morgan fingerprint density at radius 3 is 2.61 bits per heavy atom. The second-order valence-corrected chi connectivity index (χ2v) is 4.54.